The molecular formula is C14H10N4O4S. The lowest BCUT2D eigenvalue weighted by molar-refractivity contribution is -0.389. The van der Waals surface area contributed by atoms with Gasteiger partial charge in [0.15, 0.2) is 0 Å². The van der Waals surface area contributed by atoms with Crippen LogP contribution >= 0.6 is 11.8 Å². The molecule has 23 heavy (non-hydrogen) atoms. The molecule has 2 aromatic rings. The predicted molar refractivity (Wildman–Crippen MR) is 84.0 cm³/mol. The molecule has 0 aliphatic carbocycles. The normalized spacial score (nSPS) is 16.4. The molecule has 0 saturated carbocycles. The second-order valence-electron chi connectivity index (χ2n) is 4.69. The second-order valence-corrected chi connectivity index (χ2v) is 5.68. The molecule has 1 aliphatic rings. The molecule has 1 aromatic heterocycles. The second kappa shape index (κ2) is 5.69. The Kier molecular flexibility index (Phi) is 3.70. The Hall–Kier alpha value is -2.94. The highest BCUT2D eigenvalue weighted by molar-refractivity contribution is 8.18. The maximum absolute atomic E-state index is 11.9. The molecule has 116 valence electrons. The Balaban J connectivity index is 2.06. The van der Waals surface area contributed by atoms with Gasteiger partial charge in [-0.2, -0.15) is 0 Å². The summed E-state index contributed by atoms with van der Waals surface area (Å²) in [5, 5.41) is 14.7. The number of rotatable bonds is 3. The number of hydrogen-bond donors (Lipinski definition) is 0. The number of likely N-dealkylation sites (N-methyl/N-ethyl adjacent to an activating group) is 1. The molecule has 2 heterocycles. The number of thioether (sulfide) groups is 1. The van der Waals surface area contributed by atoms with Crippen molar-refractivity contribution in [1.82, 2.24) is 14.7 Å². The summed E-state index contributed by atoms with van der Waals surface area (Å²) in [6.07, 6.45) is 2.77. The summed E-state index contributed by atoms with van der Waals surface area (Å²) in [5.74, 6) is -0.862. The van der Waals surface area contributed by atoms with E-state index in [1.807, 2.05) is 6.07 Å². The van der Waals surface area contributed by atoms with Crippen LogP contribution in [0.15, 0.2) is 41.4 Å². The van der Waals surface area contributed by atoms with E-state index in [4.69, 9.17) is 0 Å². The minimum atomic E-state index is -0.624. The molecule has 1 aromatic carbocycles. The number of nitrogens with zero attached hydrogens (tertiary/aromatic N) is 4. The predicted octanol–water partition coefficient (Wildman–Crippen LogP) is 2.45. The van der Waals surface area contributed by atoms with Crippen molar-refractivity contribution in [1.29, 1.82) is 0 Å². The van der Waals surface area contributed by atoms with Gasteiger partial charge in [-0.15, -0.1) is 4.68 Å². The number of nitro groups is 1. The van der Waals surface area contributed by atoms with Gasteiger partial charge in [0.2, 0.25) is 0 Å². The van der Waals surface area contributed by atoms with Gasteiger partial charge in [-0.1, -0.05) is 18.2 Å². The zero-order valence-corrected chi connectivity index (χ0v) is 12.7. The van der Waals surface area contributed by atoms with Crippen molar-refractivity contribution >= 4 is 34.8 Å². The number of carbonyl (C=O) groups is 2. The lowest BCUT2D eigenvalue weighted by atomic mass is 10.3. The number of amides is 2. The van der Waals surface area contributed by atoms with E-state index in [-0.39, 0.29) is 16.3 Å². The number of hydrogen-bond acceptors (Lipinski definition) is 6. The number of benzene rings is 1. The van der Waals surface area contributed by atoms with Crippen molar-refractivity contribution in [2.45, 2.75) is 0 Å². The summed E-state index contributed by atoms with van der Waals surface area (Å²) < 4.78 is 1.36. The van der Waals surface area contributed by atoms with Crippen LogP contribution in [0.2, 0.25) is 0 Å². The fourth-order valence-electron chi connectivity index (χ4n) is 2.02. The van der Waals surface area contributed by atoms with E-state index in [0.717, 1.165) is 16.7 Å². The largest absolute Gasteiger partial charge is 0.397 e. The van der Waals surface area contributed by atoms with Gasteiger partial charge in [-0.25, -0.2) is 0 Å². The maximum Gasteiger partial charge on any atom is 0.397 e. The van der Waals surface area contributed by atoms with E-state index >= 15 is 0 Å². The fraction of sp³-hybridized carbons (Fsp3) is 0.0714. The third-order valence-electron chi connectivity index (χ3n) is 3.19. The van der Waals surface area contributed by atoms with Crippen LogP contribution in [0.5, 0.6) is 0 Å². The van der Waals surface area contributed by atoms with E-state index in [1.54, 1.807) is 24.3 Å². The van der Waals surface area contributed by atoms with E-state index in [1.165, 1.54) is 24.0 Å². The van der Waals surface area contributed by atoms with Crippen LogP contribution in [0.4, 0.5) is 10.6 Å². The van der Waals surface area contributed by atoms with Gasteiger partial charge in [0.05, 0.1) is 27.5 Å². The van der Waals surface area contributed by atoms with Crippen LogP contribution in [0, 0.1) is 10.1 Å². The first-order chi connectivity index (χ1) is 11.0. The number of imide groups is 1. The zero-order chi connectivity index (χ0) is 16.6. The smallest absolute Gasteiger partial charge is 0.358 e. The molecule has 8 nitrogen and oxygen atoms in total. The molecule has 9 heteroatoms. The third kappa shape index (κ3) is 2.73. The number of carbonyl (C=O) groups excluding carboxylic acids is 2. The van der Waals surface area contributed by atoms with Crippen molar-refractivity contribution in [2.75, 3.05) is 7.05 Å². The van der Waals surface area contributed by atoms with Crippen molar-refractivity contribution in [3.05, 3.63) is 57.1 Å². The highest BCUT2D eigenvalue weighted by Gasteiger charge is 2.33. The maximum atomic E-state index is 11.9. The van der Waals surface area contributed by atoms with Crippen molar-refractivity contribution in [3.63, 3.8) is 0 Å². The van der Waals surface area contributed by atoms with Gasteiger partial charge in [-0.05, 0) is 34.9 Å². The lowest BCUT2D eigenvalue weighted by Gasteiger charge is -2.00. The van der Waals surface area contributed by atoms with E-state index in [9.17, 15) is 19.7 Å². The highest BCUT2D eigenvalue weighted by Crippen LogP contribution is 2.32. The molecule has 1 saturated heterocycles. The Bertz CT molecular complexity index is 844. The lowest BCUT2D eigenvalue weighted by Crippen LogP contribution is -2.22. The summed E-state index contributed by atoms with van der Waals surface area (Å²) >= 11 is 0.741. The fourth-order valence-corrected chi connectivity index (χ4v) is 2.84. The third-order valence-corrected chi connectivity index (χ3v) is 4.15. The van der Waals surface area contributed by atoms with Gasteiger partial charge in [0.1, 0.15) is 0 Å². The molecule has 1 fully saturated rings. The van der Waals surface area contributed by atoms with Gasteiger partial charge < -0.3 is 10.1 Å². The van der Waals surface area contributed by atoms with E-state index < -0.39 is 16.1 Å². The summed E-state index contributed by atoms with van der Waals surface area (Å²) in [6.45, 7) is 0. The Morgan fingerprint density at radius 3 is 2.52 bits per heavy atom. The molecule has 0 N–H and O–H groups in total. The van der Waals surface area contributed by atoms with Crippen LogP contribution in [0.25, 0.3) is 11.8 Å². The van der Waals surface area contributed by atoms with Crippen molar-refractivity contribution in [3.8, 4) is 5.69 Å². The van der Waals surface area contributed by atoms with Crippen LogP contribution in [-0.2, 0) is 4.79 Å². The monoisotopic (exact) mass is 330 g/mol. The first-order valence-electron chi connectivity index (χ1n) is 6.48. The SMILES string of the molecule is CN1C(=O)S/C(=C\c2cn(-c3ccccc3)nc2[N+](=O)[O-])C1=O. The minimum Gasteiger partial charge on any atom is -0.358 e. The highest BCUT2D eigenvalue weighted by atomic mass is 32.2. The molecular weight excluding hydrogens is 320 g/mol. The van der Waals surface area contributed by atoms with Gasteiger partial charge in [-0.3, -0.25) is 14.5 Å². The molecule has 0 atom stereocenters. The molecule has 0 bridgehead atoms. The molecule has 0 spiro atoms. The first-order valence-corrected chi connectivity index (χ1v) is 7.30. The summed E-state index contributed by atoms with van der Waals surface area (Å²) in [5.41, 5.74) is 0.816. The van der Waals surface area contributed by atoms with Gasteiger partial charge in [0, 0.05) is 7.05 Å². The molecule has 0 radical (unpaired) electrons. The van der Waals surface area contributed by atoms with Gasteiger partial charge >= 0.3 is 5.82 Å². The Morgan fingerprint density at radius 1 is 1.26 bits per heavy atom. The number of aromatic nitrogens is 2. The zero-order valence-electron chi connectivity index (χ0n) is 11.9. The average Bonchev–Trinajstić information content (AvgIpc) is 3.06. The van der Waals surface area contributed by atoms with Crippen LogP contribution in [0.3, 0.4) is 0 Å². The average molecular weight is 330 g/mol. The molecule has 1 aliphatic heterocycles. The van der Waals surface area contributed by atoms with Crippen LogP contribution < -0.4 is 0 Å². The summed E-state index contributed by atoms with van der Waals surface area (Å²) in [7, 11) is 1.36. The van der Waals surface area contributed by atoms with Crippen LogP contribution in [0.1, 0.15) is 5.56 Å². The van der Waals surface area contributed by atoms with Crippen LogP contribution in [-0.4, -0.2) is 37.8 Å². The Labute approximate surface area is 134 Å². The van der Waals surface area contributed by atoms with Crippen molar-refractivity contribution in [2.24, 2.45) is 0 Å². The molecule has 0 unspecified atom stereocenters. The standard InChI is InChI=1S/C14H10N4O4S/c1-16-13(19)11(23-14(16)20)7-9-8-17(15-12(9)18(21)22)10-5-3-2-4-6-10/h2-8H,1H3/b11-7-. The Morgan fingerprint density at radius 2 is 1.96 bits per heavy atom. The molecule has 3 rings (SSSR count). The quantitative estimate of drug-likeness (QED) is 0.487. The van der Waals surface area contributed by atoms with Crippen molar-refractivity contribution < 1.29 is 14.5 Å². The van der Waals surface area contributed by atoms with Gasteiger partial charge in [0.25, 0.3) is 11.1 Å². The van der Waals surface area contributed by atoms with E-state index in [2.05, 4.69) is 5.10 Å². The molecule has 2 amide bonds. The first kappa shape index (κ1) is 15.0. The summed E-state index contributed by atoms with van der Waals surface area (Å²) in [4.78, 5) is 35.1. The number of para-hydroxylation sites is 1. The van der Waals surface area contributed by atoms with E-state index in [0.29, 0.717) is 5.69 Å². The minimum absolute atomic E-state index is 0.133. The summed E-state index contributed by atoms with van der Waals surface area (Å²) in [6, 6.07) is 8.89. The topological polar surface area (TPSA) is 98.3 Å².